The van der Waals surface area contributed by atoms with Crippen LogP contribution in [0, 0.1) is 13.8 Å². The third kappa shape index (κ3) is 5.58. The standard InChI is InChI=1S/C21H23Cl2N5O2/c1-12-3-4-15(21-25-13(2)27-28-21)10-19(12)26-20(30)11-24-18(7-8-29)14-5-6-16(22)17(23)9-14/h3-6,9-10,18,24,29H,7-8,11H2,1-2H3,(H,26,30)(H,25,27,28). The second-order valence-corrected chi connectivity index (χ2v) is 7.76. The number of aliphatic hydroxyl groups is 1. The molecule has 0 aliphatic rings. The van der Waals surface area contributed by atoms with E-state index in [9.17, 15) is 9.90 Å². The van der Waals surface area contributed by atoms with Gasteiger partial charge in [-0.15, -0.1) is 0 Å². The molecular formula is C21H23Cl2N5O2. The van der Waals surface area contributed by atoms with E-state index in [1.807, 2.05) is 38.1 Å². The highest BCUT2D eigenvalue weighted by molar-refractivity contribution is 6.42. The number of aliphatic hydroxyl groups excluding tert-OH is 1. The second-order valence-electron chi connectivity index (χ2n) is 6.94. The van der Waals surface area contributed by atoms with Crippen LogP contribution in [-0.2, 0) is 4.79 Å². The van der Waals surface area contributed by atoms with Crippen molar-refractivity contribution in [3.8, 4) is 11.4 Å². The molecule has 1 unspecified atom stereocenters. The first-order valence-corrected chi connectivity index (χ1v) is 10.2. The number of halogens is 2. The van der Waals surface area contributed by atoms with E-state index in [-0.39, 0.29) is 25.1 Å². The molecule has 0 aliphatic heterocycles. The average Bonchev–Trinajstić information content (AvgIpc) is 3.15. The zero-order valence-electron chi connectivity index (χ0n) is 16.7. The maximum atomic E-state index is 12.6. The van der Waals surface area contributed by atoms with Crippen molar-refractivity contribution < 1.29 is 9.90 Å². The van der Waals surface area contributed by atoms with Crippen LogP contribution in [0.5, 0.6) is 0 Å². The fourth-order valence-electron chi connectivity index (χ4n) is 3.02. The molecule has 0 spiro atoms. The van der Waals surface area contributed by atoms with Crippen molar-refractivity contribution in [3.05, 3.63) is 63.4 Å². The van der Waals surface area contributed by atoms with Gasteiger partial charge in [0.05, 0.1) is 16.6 Å². The monoisotopic (exact) mass is 447 g/mol. The van der Waals surface area contributed by atoms with E-state index < -0.39 is 0 Å². The Morgan fingerprint density at radius 3 is 2.63 bits per heavy atom. The molecule has 0 saturated carbocycles. The molecule has 0 radical (unpaired) electrons. The highest BCUT2D eigenvalue weighted by Crippen LogP contribution is 2.27. The van der Waals surface area contributed by atoms with Crippen molar-refractivity contribution in [3.63, 3.8) is 0 Å². The maximum absolute atomic E-state index is 12.6. The van der Waals surface area contributed by atoms with Gasteiger partial charge in [0, 0.05) is 23.9 Å². The Balaban J connectivity index is 1.67. The predicted molar refractivity (Wildman–Crippen MR) is 119 cm³/mol. The molecule has 0 fully saturated rings. The lowest BCUT2D eigenvalue weighted by molar-refractivity contribution is -0.115. The molecular weight excluding hydrogens is 425 g/mol. The molecule has 0 aliphatic carbocycles. The molecule has 3 aromatic rings. The number of aromatic amines is 1. The fraction of sp³-hybridized carbons (Fsp3) is 0.286. The Morgan fingerprint density at radius 1 is 1.17 bits per heavy atom. The van der Waals surface area contributed by atoms with Crippen molar-refractivity contribution in [2.45, 2.75) is 26.3 Å². The number of hydrogen-bond acceptors (Lipinski definition) is 5. The number of aryl methyl sites for hydroxylation is 2. The zero-order valence-corrected chi connectivity index (χ0v) is 18.2. The number of hydrogen-bond donors (Lipinski definition) is 4. The molecule has 7 nitrogen and oxygen atoms in total. The number of amides is 1. The van der Waals surface area contributed by atoms with E-state index in [1.54, 1.807) is 12.1 Å². The molecule has 158 valence electrons. The molecule has 0 saturated heterocycles. The number of H-pyrrole nitrogens is 1. The number of nitrogens with one attached hydrogen (secondary N) is 3. The Hall–Kier alpha value is -2.45. The van der Waals surface area contributed by atoms with Crippen molar-refractivity contribution >= 4 is 34.8 Å². The molecule has 3 rings (SSSR count). The van der Waals surface area contributed by atoms with Gasteiger partial charge in [-0.05, 0) is 49.6 Å². The quantitative estimate of drug-likeness (QED) is 0.417. The predicted octanol–water partition coefficient (Wildman–Crippen LogP) is 4.05. The second kappa shape index (κ2) is 10.0. The first-order chi connectivity index (χ1) is 14.4. The van der Waals surface area contributed by atoms with Gasteiger partial charge in [-0.1, -0.05) is 41.4 Å². The van der Waals surface area contributed by atoms with Crippen molar-refractivity contribution in [1.29, 1.82) is 0 Å². The Kier molecular flexibility index (Phi) is 7.44. The number of carbonyl (C=O) groups is 1. The summed E-state index contributed by atoms with van der Waals surface area (Å²) < 4.78 is 0. The summed E-state index contributed by atoms with van der Waals surface area (Å²) in [7, 11) is 0. The van der Waals surface area contributed by atoms with Crippen LogP contribution in [0.2, 0.25) is 10.0 Å². The Labute approximate surface area is 184 Å². The van der Waals surface area contributed by atoms with Crippen LogP contribution in [0.4, 0.5) is 5.69 Å². The Bertz CT molecular complexity index is 1040. The summed E-state index contributed by atoms with van der Waals surface area (Å²) in [5.41, 5.74) is 3.28. The molecule has 1 atom stereocenters. The zero-order chi connectivity index (χ0) is 21.7. The van der Waals surface area contributed by atoms with Crippen LogP contribution in [0.15, 0.2) is 36.4 Å². The highest BCUT2D eigenvalue weighted by atomic mass is 35.5. The topological polar surface area (TPSA) is 103 Å². The molecule has 9 heteroatoms. The van der Waals surface area contributed by atoms with Gasteiger partial charge in [-0.2, -0.15) is 5.10 Å². The smallest absolute Gasteiger partial charge is 0.238 e. The van der Waals surface area contributed by atoms with E-state index in [0.717, 1.165) is 22.5 Å². The first kappa shape index (κ1) is 22.2. The van der Waals surface area contributed by atoms with E-state index in [2.05, 4.69) is 25.8 Å². The SMILES string of the molecule is Cc1nc(-c2ccc(C)c(NC(=O)CNC(CCO)c3ccc(Cl)c(Cl)c3)c2)n[nH]1. The summed E-state index contributed by atoms with van der Waals surface area (Å²) in [6.45, 7) is 3.78. The maximum Gasteiger partial charge on any atom is 0.238 e. The number of benzene rings is 2. The van der Waals surface area contributed by atoms with E-state index in [1.165, 1.54) is 0 Å². The molecule has 4 N–H and O–H groups in total. The summed E-state index contributed by atoms with van der Waals surface area (Å²) in [5, 5.41) is 23.3. The molecule has 1 amide bonds. The number of anilines is 1. The fourth-order valence-corrected chi connectivity index (χ4v) is 3.33. The van der Waals surface area contributed by atoms with Gasteiger partial charge in [0.15, 0.2) is 5.82 Å². The largest absolute Gasteiger partial charge is 0.396 e. The Morgan fingerprint density at radius 2 is 1.97 bits per heavy atom. The van der Waals surface area contributed by atoms with Crippen LogP contribution in [0.3, 0.4) is 0 Å². The number of carbonyl (C=O) groups excluding carboxylic acids is 1. The van der Waals surface area contributed by atoms with Crippen molar-refractivity contribution in [1.82, 2.24) is 20.5 Å². The van der Waals surface area contributed by atoms with E-state index in [0.29, 0.717) is 28.0 Å². The van der Waals surface area contributed by atoms with Crippen LogP contribution in [0.1, 0.15) is 29.4 Å². The van der Waals surface area contributed by atoms with Gasteiger partial charge in [0.1, 0.15) is 5.82 Å². The van der Waals surface area contributed by atoms with Crippen LogP contribution in [0.25, 0.3) is 11.4 Å². The van der Waals surface area contributed by atoms with Gasteiger partial charge < -0.3 is 15.7 Å². The molecule has 1 aromatic heterocycles. The van der Waals surface area contributed by atoms with Gasteiger partial charge in [0.25, 0.3) is 0 Å². The first-order valence-electron chi connectivity index (χ1n) is 9.46. The summed E-state index contributed by atoms with van der Waals surface area (Å²) in [4.78, 5) is 16.9. The van der Waals surface area contributed by atoms with Crippen molar-refractivity contribution in [2.24, 2.45) is 0 Å². The summed E-state index contributed by atoms with van der Waals surface area (Å²) >= 11 is 12.1. The van der Waals surface area contributed by atoms with Crippen LogP contribution < -0.4 is 10.6 Å². The van der Waals surface area contributed by atoms with Gasteiger partial charge in [0.2, 0.25) is 5.91 Å². The lowest BCUT2D eigenvalue weighted by atomic mass is 10.0. The van der Waals surface area contributed by atoms with Gasteiger partial charge in [-0.25, -0.2) is 4.98 Å². The van der Waals surface area contributed by atoms with E-state index >= 15 is 0 Å². The highest BCUT2D eigenvalue weighted by Gasteiger charge is 2.15. The average molecular weight is 448 g/mol. The summed E-state index contributed by atoms with van der Waals surface area (Å²) in [6, 6.07) is 10.7. The van der Waals surface area contributed by atoms with Crippen LogP contribution in [-0.4, -0.2) is 39.3 Å². The molecule has 0 bridgehead atoms. The minimum absolute atomic E-state index is 0.0310. The molecule has 2 aromatic carbocycles. The van der Waals surface area contributed by atoms with Crippen molar-refractivity contribution in [2.75, 3.05) is 18.5 Å². The normalized spacial score (nSPS) is 12.0. The van der Waals surface area contributed by atoms with Gasteiger partial charge >= 0.3 is 0 Å². The third-order valence-corrected chi connectivity index (χ3v) is 5.38. The van der Waals surface area contributed by atoms with Gasteiger partial charge in [-0.3, -0.25) is 9.89 Å². The van der Waals surface area contributed by atoms with Crippen LogP contribution >= 0.6 is 23.2 Å². The minimum atomic E-state index is -0.237. The molecule has 30 heavy (non-hydrogen) atoms. The summed E-state index contributed by atoms with van der Waals surface area (Å²) in [5.74, 6) is 1.09. The summed E-state index contributed by atoms with van der Waals surface area (Å²) in [6.07, 6.45) is 0.434. The lowest BCUT2D eigenvalue weighted by Gasteiger charge is -2.19. The number of aromatic nitrogens is 3. The van der Waals surface area contributed by atoms with E-state index in [4.69, 9.17) is 23.2 Å². The minimum Gasteiger partial charge on any atom is -0.396 e. The molecule has 1 heterocycles. The number of nitrogens with zero attached hydrogens (tertiary/aromatic N) is 2. The third-order valence-electron chi connectivity index (χ3n) is 4.64. The number of rotatable bonds is 8. The lowest BCUT2D eigenvalue weighted by Crippen LogP contribution is -2.32.